The number of nitrogens with zero attached hydrogens (tertiary/aromatic N) is 3. The van der Waals surface area contributed by atoms with Gasteiger partial charge in [0.05, 0.1) is 26.0 Å². The molecule has 7 N–H and O–H groups in total. The topological polar surface area (TPSA) is 204 Å². The molecule has 41 heavy (non-hydrogen) atoms. The number of carboxylic acid groups (broad SMARTS) is 1. The number of H-pyrrole nitrogens is 1. The fourth-order valence-electron chi connectivity index (χ4n) is 4.27. The number of carbonyl (C=O) groups is 1. The normalized spacial score (nSPS) is 12.8. The number of nitrogens with one attached hydrogen (secondary N) is 2. The molecule has 13 heteroatoms. The van der Waals surface area contributed by atoms with E-state index in [1.54, 1.807) is 37.6 Å². The number of nitrogens with two attached hydrogens (primary N) is 2. The van der Waals surface area contributed by atoms with Gasteiger partial charge in [0.1, 0.15) is 11.7 Å². The second-order valence-corrected chi connectivity index (χ2v) is 9.13. The zero-order valence-electron chi connectivity index (χ0n) is 22.6. The van der Waals surface area contributed by atoms with Crippen molar-refractivity contribution in [2.75, 3.05) is 26.1 Å². The van der Waals surface area contributed by atoms with Gasteiger partial charge < -0.3 is 30.8 Å². The summed E-state index contributed by atoms with van der Waals surface area (Å²) in [5, 5.41) is 19.7. The first-order valence-corrected chi connectivity index (χ1v) is 12.7. The summed E-state index contributed by atoms with van der Waals surface area (Å²) in [6, 6.07) is 14.5. The van der Waals surface area contributed by atoms with E-state index >= 15 is 0 Å². The maximum absolute atomic E-state index is 12.9. The molecule has 5 rings (SSSR count). The molecule has 1 aliphatic rings. The molecule has 4 aromatic rings. The number of aliphatic carboxylic acids is 1. The molecule has 13 nitrogen and oxygen atoms in total. The number of methoxy groups -OCH3 is 1. The minimum Gasteiger partial charge on any atom is -0.493 e. The van der Waals surface area contributed by atoms with Gasteiger partial charge in [-0.25, -0.2) is 9.78 Å². The lowest BCUT2D eigenvalue weighted by atomic mass is 9.90. The summed E-state index contributed by atoms with van der Waals surface area (Å²) in [5.74, 6) is 1.08. The van der Waals surface area contributed by atoms with Crippen LogP contribution in [0.25, 0.3) is 5.82 Å². The van der Waals surface area contributed by atoms with E-state index in [0.717, 1.165) is 29.2 Å². The van der Waals surface area contributed by atoms with Crippen LogP contribution in [0.4, 0.5) is 5.69 Å². The van der Waals surface area contributed by atoms with Crippen LogP contribution in [0.1, 0.15) is 41.8 Å². The number of nitrogen functional groups attached to an aromatic ring is 2. The van der Waals surface area contributed by atoms with Gasteiger partial charge in [-0.15, -0.1) is 5.10 Å². The van der Waals surface area contributed by atoms with Crippen molar-refractivity contribution in [3.8, 4) is 23.1 Å². The van der Waals surface area contributed by atoms with Crippen LogP contribution >= 0.6 is 0 Å². The van der Waals surface area contributed by atoms with Gasteiger partial charge in [0.2, 0.25) is 5.75 Å². The molecule has 0 aliphatic carbocycles. The molecule has 214 valence electrons. The van der Waals surface area contributed by atoms with E-state index < -0.39 is 17.6 Å². The summed E-state index contributed by atoms with van der Waals surface area (Å²) in [6.07, 6.45) is 2.78. The molecule has 0 saturated carbocycles. The summed E-state index contributed by atoms with van der Waals surface area (Å²) >= 11 is 0. The second kappa shape index (κ2) is 12.7. The molecule has 0 bridgehead atoms. The third-order valence-electron chi connectivity index (χ3n) is 6.15. The highest BCUT2D eigenvalue weighted by atomic mass is 16.5. The van der Waals surface area contributed by atoms with E-state index in [1.807, 2.05) is 24.3 Å². The number of aromatic amines is 1. The van der Waals surface area contributed by atoms with E-state index in [-0.39, 0.29) is 11.7 Å². The lowest BCUT2D eigenvalue weighted by Gasteiger charge is -2.19. The lowest BCUT2D eigenvalue weighted by molar-refractivity contribution is -0.134. The maximum Gasteiger partial charge on any atom is 0.349 e. The van der Waals surface area contributed by atoms with E-state index in [9.17, 15) is 4.79 Å². The van der Waals surface area contributed by atoms with Crippen LogP contribution in [0.3, 0.4) is 0 Å². The molecular formula is C28H31N7O6. The summed E-state index contributed by atoms with van der Waals surface area (Å²) < 4.78 is 18.6. The largest absolute Gasteiger partial charge is 0.493 e. The third kappa shape index (κ3) is 6.82. The quantitative estimate of drug-likeness (QED) is 0.165. The first-order chi connectivity index (χ1) is 19.7. The fourth-order valence-corrected chi connectivity index (χ4v) is 4.27. The summed E-state index contributed by atoms with van der Waals surface area (Å²) in [7, 11) is 1.57. The summed E-state index contributed by atoms with van der Waals surface area (Å²) in [4.78, 5) is 29.1. The number of hydrogen-bond acceptors (Lipinski definition) is 9. The molecule has 3 heterocycles. The molecule has 0 amide bonds. The van der Waals surface area contributed by atoms with Gasteiger partial charge in [0.15, 0.2) is 17.3 Å². The second-order valence-electron chi connectivity index (χ2n) is 9.13. The number of aromatic nitrogens is 4. The smallest absolute Gasteiger partial charge is 0.349 e. The van der Waals surface area contributed by atoms with Crippen LogP contribution in [0.2, 0.25) is 0 Å². The number of anilines is 1. The van der Waals surface area contributed by atoms with Crippen molar-refractivity contribution in [1.29, 1.82) is 5.41 Å². The van der Waals surface area contributed by atoms with E-state index in [0.29, 0.717) is 54.0 Å². The number of fused-ring (bicyclic) bond motifs is 1. The first kappa shape index (κ1) is 28.7. The Morgan fingerprint density at radius 1 is 1.22 bits per heavy atom. The molecule has 0 saturated heterocycles. The zero-order chi connectivity index (χ0) is 29.5. The number of rotatable bonds is 7. The molecule has 0 fully saturated rings. The molecule has 2 aromatic heterocycles. The van der Waals surface area contributed by atoms with Crippen molar-refractivity contribution in [2.45, 2.75) is 25.7 Å². The number of carboxylic acids is 1. The number of amidine groups is 1. The van der Waals surface area contributed by atoms with Gasteiger partial charge >= 0.3 is 5.69 Å². The van der Waals surface area contributed by atoms with Crippen molar-refractivity contribution in [1.82, 2.24) is 19.7 Å². The van der Waals surface area contributed by atoms with Crippen molar-refractivity contribution in [3.05, 3.63) is 87.7 Å². The molecule has 1 aliphatic heterocycles. The Morgan fingerprint density at radius 2 is 1.93 bits per heavy atom. The first-order valence-electron chi connectivity index (χ1n) is 12.7. The molecule has 1 unspecified atom stereocenters. The van der Waals surface area contributed by atoms with Crippen molar-refractivity contribution >= 4 is 17.5 Å². The SMILES string of the molecule is CC(=O)O.COc1cc(C(Cc2ccc(C(=N)N)cc2)c2nn(-c3ncccc3N)c(=O)[nH]2)cc2c1OCCCO2. The minimum absolute atomic E-state index is 0.00763. The zero-order valence-corrected chi connectivity index (χ0v) is 22.6. The maximum atomic E-state index is 12.9. The van der Waals surface area contributed by atoms with Gasteiger partial charge in [-0.1, -0.05) is 24.3 Å². The molecule has 1 atom stereocenters. The van der Waals surface area contributed by atoms with Crippen molar-refractivity contribution in [2.24, 2.45) is 5.73 Å². The monoisotopic (exact) mass is 561 g/mol. The summed E-state index contributed by atoms with van der Waals surface area (Å²) in [6.45, 7) is 2.12. The lowest BCUT2D eigenvalue weighted by Crippen LogP contribution is -2.18. The summed E-state index contributed by atoms with van der Waals surface area (Å²) in [5.41, 5.74) is 13.9. The van der Waals surface area contributed by atoms with Crippen LogP contribution in [0.15, 0.2) is 59.5 Å². The average Bonchev–Trinajstić information content (AvgIpc) is 3.16. The molecule has 2 aromatic carbocycles. The van der Waals surface area contributed by atoms with Crippen LogP contribution in [0, 0.1) is 5.41 Å². The fraction of sp³-hybridized carbons (Fsp3) is 0.250. The standard InChI is InChI=1S/C26H27N7O4.C2H4O2/c1-35-20-13-17(14-21-22(20)37-11-3-10-36-21)18(12-15-5-7-16(8-6-15)23(28)29)24-31-26(34)33(32-24)25-19(27)4-2-9-30-25;1-2(3)4/h2,4-9,13-14,18H,3,10-12,27H2,1H3,(H3,28,29)(H,31,32,34);1H3,(H,3,4). The number of hydrogen-bond donors (Lipinski definition) is 5. The van der Waals surface area contributed by atoms with Gasteiger partial charge in [-0.3, -0.25) is 15.2 Å². The van der Waals surface area contributed by atoms with Crippen molar-refractivity contribution in [3.63, 3.8) is 0 Å². The third-order valence-corrected chi connectivity index (χ3v) is 6.15. The van der Waals surface area contributed by atoms with Gasteiger partial charge in [-0.2, -0.15) is 4.68 Å². The number of ether oxygens (including phenoxy) is 3. The molecule has 0 spiro atoms. The van der Waals surface area contributed by atoms with Gasteiger partial charge in [-0.05, 0) is 41.8 Å². The Balaban J connectivity index is 0.000000909. The van der Waals surface area contributed by atoms with Crippen LogP contribution < -0.4 is 31.4 Å². The highest BCUT2D eigenvalue weighted by Crippen LogP contribution is 2.43. The highest BCUT2D eigenvalue weighted by molar-refractivity contribution is 5.94. The highest BCUT2D eigenvalue weighted by Gasteiger charge is 2.26. The molecule has 0 radical (unpaired) electrons. The van der Waals surface area contributed by atoms with Gasteiger partial charge in [0, 0.05) is 31.0 Å². The van der Waals surface area contributed by atoms with E-state index in [2.05, 4.69) is 15.1 Å². The number of benzene rings is 2. The Labute approximate surface area is 235 Å². The predicted molar refractivity (Wildman–Crippen MR) is 151 cm³/mol. The van der Waals surface area contributed by atoms with Crippen LogP contribution in [-0.4, -0.2) is 57.0 Å². The average molecular weight is 562 g/mol. The Kier molecular flexibility index (Phi) is 8.87. The Morgan fingerprint density at radius 3 is 2.59 bits per heavy atom. The van der Waals surface area contributed by atoms with Crippen LogP contribution in [-0.2, 0) is 11.2 Å². The van der Waals surface area contributed by atoms with Crippen molar-refractivity contribution < 1.29 is 24.1 Å². The minimum atomic E-state index is -0.833. The van der Waals surface area contributed by atoms with E-state index in [4.69, 9.17) is 41.0 Å². The number of pyridine rings is 1. The van der Waals surface area contributed by atoms with Crippen LogP contribution in [0.5, 0.6) is 17.2 Å². The van der Waals surface area contributed by atoms with E-state index in [1.165, 1.54) is 0 Å². The Bertz CT molecular complexity index is 1590. The van der Waals surface area contributed by atoms with Gasteiger partial charge in [0.25, 0.3) is 5.97 Å². The Hall–Kier alpha value is -5.33. The molecular weight excluding hydrogens is 530 g/mol. The predicted octanol–water partition coefficient (Wildman–Crippen LogP) is 2.46.